The Morgan fingerprint density at radius 3 is 2.76 bits per heavy atom. The summed E-state index contributed by atoms with van der Waals surface area (Å²) in [6, 6.07) is 8.76. The molecule has 0 amide bonds. The van der Waals surface area contributed by atoms with Crippen LogP contribution in [0.15, 0.2) is 42.9 Å². The van der Waals surface area contributed by atoms with E-state index >= 15 is 0 Å². The van der Waals surface area contributed by atoms with Crippen LogP contribution >= 0.6 is 11.6 Å². The van der Waals surface area contributed by atoms with Gasteiger partial charge in [-0.25, -0.2) is 9.37 Å². The number of halogens is 2. The van der Waals surface area contributed by atoms with E-state index in [2.05, 4.69) is 37.2 Å². The van der Waals surface area contributed by atoms with Crippen molar-refractivity contribution in [2.45, 2.75) is 6.92 Å². The van der Waals surface area contributed by atoms with Crippen LogP contribution in [0.1, 0.15) is 5.82 Å². The van der Waals surface area contributed by atoms with Gasteiger partial charge in [0.05, 0.1) is 35.0 Å². The van der Waals surface area contributed by atoms with Crippen molar-refractivity contribution in [3.8, 4) is 17.1 Å². The number of ether oxygens (including phenoxy) is 1. The van der Waals surface area contributed by atoms with Gasteiger partial charge in [-0.05, 0) is 37.3 Å². The van der Waals surface area contributed by atoms with Crippen molar-refractivity contribution in [2.24, 2.45) is 0 Å². The number of nitrogens with one attached hydrogen (secondary N) is 1. The maximum Gasteiger partial charge on any atom is 0.163 e. The largest absolute Gasteiger partial charge is 0.378 e. The van der Waals surface area contributed by atoms with E-state index in [1.807, 2.05) is 17.6 Å². The number of rotatable bonds is 3. The summed E-state index contributed by atoms with van der Waals surface area (Å²) in [5, 5.41) is 9.07. The van der Waals surface area contributed by atoms with E-state index in [1.165, 1.54) is 12.1 Å². The van der Waals surface area contributed by atoms with Crippen LogP contribution in [0.4, 0.5) is 10.1 Å². The number of pyridine rings is 1. The molecule has 6 rings (SSSR count). The van der Waals surface area contributed by atoms with Gasteiger partial charge >= 0.3 is 0 Å². The van der Waals surface area contributed by atoms with E-state index in [9.17, 15) is 4.39 Å². The van der Waals surface area contributed by atoms with Gasteiger partial charge in [-0.2, -0.15) is 0 Å². The summed E-state index contributed by atoms with van der Waals surface area (Å²) >= 11 is 6.31. The van der Waals surface area contributed by atoms with Crippen molar-refractivity contribution in [3.05, 3.63) is 59.5 Å². The highest BCUT2D eigenvalue weighted by Crippen LogP contribution is 2.36. The van der Waals surface area contributed by atoms with Crippen LogP contribution in [0.5, 0.6) is 0 Å². The first kappa shape index (κ1) is 20.1. The molecule has 4 heterocycles. The maximum atomic E-state index is 14.3. The Morgan fingerprint density at radius 1 is 1.12 bits per heavy atom. The summed E-state index contributed by atoms with van der Waals surface area (Å²) in [6.45, 7) is 4.83. The number of anilines is 1. The normalized spacial score (nSPS) is 14.5. The number of nitrogens with zero attached hydrogens (tertiary/aromatic N) is 6. The predicted molar refractivity (Wildman–Crippen MR) is 124 cm³/mol. The van der Waals surface area contributed by atoms with Gasteiger partial charge in [0.25, 0.3) is 0 Å². The van der Waals surface area contributed by atoms with Crippen molar-refractivity contribution in [3.63, 3.8) is 0 Å². The van der Waals surface area contributed by atoms with E-state index in [1.54, 1.807) is 12.5 Å². The minimum absolute atomic E-state index is 0.269. The molecular weight excluding hydrogens is 445 g/mol. The summed E-state index contributed by atoms with van der Waals surface area (Å²) < 4.78 is 21.9. The molecule has 0 radical (unpaired) electrons. The summed E-state index contributed by atoms with van der Waals surface area (Å²) in [5.74, 6) is 0.964. The lowest BCUT2D eigenvalue weighted by Crippen LogP contribution is -2.36. The average molecular weight is 464 g/mol. The lowest BCUT2D eigenvalue weighted by atomic mass is 10.1. The van der Waals surface area contributed by atoms with Crippen molar-refractivity contribution in [1.29, 1.82) is 0 Å². The predicted octanol–water partition coefficient (Wildman–Crippen LogP) is 4.30. The van der Waals surface area contributed by atoms with E-state index in [0.29, 0.717) is 29.9 Å². The van der Waals surface area contributed by atoms with Gasteiger partial charge in [0.15, 0.2) is 5.82 Å². The van der Waals surface area contributed by atoms with Gasteiger partial charge in [0.1, 0.15) is 23.5 Å². The number of aryl methyl sites for hydroxylation is 1. The van der Waals surface area contributed by atoms with Crippen molar-refractivity contribution >= 4 is 39.2 Å². The molecule has 10 heteroatoms. The zero-order valence-corrected chi connectivity index (χ0v) is 18.5. The van der Waals surface area contributed by atoms with Gasteiger partial charge in [-0.1, -0.05) is 11.6 Å². The van der Waals surface area contributed by atoms with Gasteiger partial charge in [-0.3, -0.25) is 9.55 Å². The Balaban J connectivity index is 1.67. The van der Waals surface area contributed by atoms with Crippen molar-refractivity contribution < 1.29 is 9.13 Å². The number of hydrogen-bond donors (Lipinski definition) is 1. The van der Waals surface area contributed by atoms with Gasteiger partial charge in [0.2, 0.25) is 0 Å². The zero-order valence-electron chi connectivity index (χ0n) is 17.7. The second kappa shape index (κ2) is 7.79. The molecule has 1 saturated heterocycles. The zero-order chi connectivity index (χ0) is 22.5. The Bertz CT molecular complexity index is 1490. The monoisotopic (exact) mass is 463 g/mol. The Labute approximate surface area is 193 Å². The Hall–Kier alpha value is -3.56. The second-order valence-electron chi connectivity index (χ2n) is 7.91. The van der Waals surface area contributed by atoms with Crippen LogP contribution in [0, 0.1) is 12.7 Å². The van der Waals surface area contributed by atoms with E-state index in [-0.39, 0.29) is 5.02 Å². The molecule has 0 saturated carbocycles. The highest BCUT2D eigenvalue weighted by atomic mass is 35.5. The van der Waals surface area contributed by atoms with Gasteiger partial charge < -0.3 is 14.6 Å². The van der Waals surface area contributed by atoms with Gasteiger partial charge in [0, 0.05) is 35.9 Å². The molecule has 1 aliphatic rings. The standard InChI is InChI=1S/C23H19ClFN7O/c1-13-29-22-17(23-27-12-28-30-23)10-15(31-4-6-33-7-5-31)11-20(22)32(13)19-2-3-26-21-16(19)8-14(25)9-18(21)24/h2-3,8-12H,4-7H2,1H3,(H,27,28,30). The summed E-state index contributed by atoms with van der Waals surface area (Å²) in [4.78, 5) is 14.6. The summed E-state index contributed by atoms with van der Waals surface area (Å²) in [6.07, 6.45) is 3.23. The second-order valence-corrected chi connectivity index (χ2v) is 8.31. The van der Waals surface area contributed by atoms with Crippen LogP contribution in [-0.4, -0.2) is 56.0 Å². The molecule has 8 nitrogen and oxygen atoms in total. The quantitative estimate of drug-likeness (QED) is 0.429. The number of imidazole rings is 1. The number of H-pyrrole nitrogens is 1. The molecular formula is C23H19ClFN7O. The average Bonchev–Trinajstić information content (AvgIpc) is 3.46. The molecule has 0 atom stereocenters. The van der Waals surface area contributed by atoms with Crippen LogP contribution in [0.3, 0.4) is 0 Å². The molecule has 1 aliphatic heterocycles. The first-order valence-corrected chi connectivity index (χ1v) is 10.9. The van der Waals surface area contributed by atoms with Crippen LogP contribution in [0.25, 0.3) is 39.0 Å². The van der Waals surface area contributed by atoms with Crippen molar-refractivity contribution in [2.75, 3.05) is 31.2 Å². The highest BCUT2D eigenvalue weighted by Gasteiger charge is 2.21. The number of hydrogen-bond acceptors (Lipinski definition) is 6. The Kier molecular flexibility index (Phi) is 4.74. The molecule has 0 aliphatic carbocycles. The first-order chi connectivity index (χ1) is 16.1. The number of aromatic amines is 1. The van der Waals surface area contributed by atoms with Gasteiger partial charge in [-0.15, -0.1) is 10.2 Å². The third kappa shape index (κ3) is 3.32. The van der Waals surface area contributed by atoms with Crippen LogP contribution < -0.4 is 4.90 Å². The molecule has 3 aromatic heterocycles. The fraction of sp³-hybridized carbons (Fsp3) is 0.217. The number of aromatic nitrogens is 6. The van der Waals surface area contributed by atoms with Crippen LogP contribution in [0.2, 0.25) is 5.02 Å². The summed E-state index contributed by atoms with van der Waals surface area (Å²) in [7, 11) is 0. The first-order valence-electron chi connectivity index (χ1n) is 10.6. The Morgan fingerprint density at radius 2 is 1.97 bits per heavy atom. The van der Waals surface area contributed by atoms with Crippen molar-refractivity contribution in [1.82, 2.24) is 29.7 Å². The number of morpholine rings is 1. The van der Waals surface area contributed by atoms with E-state index in [4.69, 9.17) is 21.3 Å². The maximum absolute atomic E-state index is 14.3. The van der Waals surface area contributed by atoms with E-state index < -0.39 is 5.82 Å². The third-order valence-electron chi connectivity index (χ3n) is 5.94. The molecule has 166 valence electrons. The lowest BCUT2D eigenvalue weighted by molar-refractivity contribution is 0.122. The minimum Gasteiger partial charge on any atom is -0.378 e. The lowest BCUT2D eigenvalue weighted by Gasteiger charge is -2.29. The number of fused-ring (bicyclic) bond motifs is 2. The topological polar surface area (TPSA) is 84.8 Å². The highest BCUT2D eigenvalue weighted by molar-refractivity contribution is 6.35. The molecule has 0 unspecified atom stereocenters. The third-order valence-corrected chi connectivity index (χ3v) is 6.23. The van der Waals surface area contributed by atoms with E-state index in [0.717, 1.165) is 46.9 Å². The summed E-state index contributed by atoms with van der Waals surface area (Å²) in [5.41, 5.74) is 4.81. The SMILES string of the molecule is Cc1nc2c(-c3nnc[nH]3)cc(N3CCOCC3)cc2n1-c1ccnc2c(Cl)cc(F)cc12. The smallest absolute Gasteiger partial charge is 0.163 e. The molecule has 5 aromatic rings. The number of benzene rings is 2. The molecule has 2 aromatic carbocycles. The fourth-order valence-corrected chi connectivity index (χ4v) is 4.72. The molecule has 1 fully saturated rings. The molecule has 0 spiro atoms. The fourth-order valence-electron chi connectivity index (χ4n) is 4.46. The molecule has 33 heavy (non-hydrogen) atoms. The van der Waals surface area contributed by atoms with Crippen LogP contribution in [-0.2, 0) is 4.74 Å². The minimum atomic E-state index is -0.417. The molecule has 0 bridgehead atoms. The molecule has 1 N–H and O–H groups in total.